The smallest absolute Gasteiger partial charge is 0.178 e. The first-order valence-corrected chi connectivity index (χ1v) is 11.3. The number of benzene rings is 2. The molecule has 0 saturated carbocycles. The van der Waals surface area contributed by atoms with Crippen LogP contribution in [0.3, 0.4) is 0 Å². The number of pyridine rings is 4. The van der Waals surface area contributed by atoms with Crippen LogP contribution in [0.2, 0.25) is 0 Å². The van der Waals surface area contributed by atoms with E-state index in [1.165, 1.54) is 6.92 Å². The van der Waals surface area contributed by atoms with Crippen LogP contribution >= 0.6 is 0 Å². The lowest BCUT2D eigenvalue weighted by molar-refractivity contribution is 0.101. The highest BCUT2D eigenvalue weighted by Gasteiger charge is 2.07. The van der Waals surface area contributed by atoms with E-state index < -0.39 is 0 Å². The fraction of sp³-hybridized carbons (Fsp3) is 0.103. The Kier molecular flexibility index (Phi) is 5.94. The topological polar surface area (TPSA) is 81.0 Å². The third-order valence-electron chi connectivity index (χ3n) is 5.93. The number of fused-ring (bicyclic) bond motifs is 6. The predicted octanol–water partition coefficient (Wildman–Crippen LogP) is 6.21. The van der Waals surface area contributed by atoms with Gasteiger partial charge in [0.2, 0.25) is 0 Å². The Balaban J connectivity index is 0.000000145. The van der Waals surface area contributed by atoms with E-state index in [1.54, 1.807) is 25.5 Å². The molecule has 170 valence electrons. The molecule has 0 fully saturated rings. The average Bonchev–Trinajstić information content (AvgIpc) is 2.92. The second-order valence-electron chi connectivity index (χ2n) is 8.18. The molecule has 0 spiro atoms. The summed E-state index contributed by atoms with van der Waals surface area (Å²) in [7, 11) is 1.78. The van der Waals surface area contributed by atoms with Gasteiger partial charge in [0.15, 0.2) is 5.78 Å². The molecule has 6 nitrogen and oxygen atoms in total. The van der Waals surface area contributed by atoms with Crippen molar-refractivity contribution in [3.05, 3.63) is 96.6 Å². The Bertz CT molecular complexity index is 1760. The van der Waals surface area contributed by atoms with Crippen LogP contribution in [0.25, 0.3) is 43.6 Å². The molecule has 0 aliphatic rings. The zero-order valence-corrected chi connectivity index (χ0v) is 19.7. The summed E-state index contributed by atoms with van der Waals surface area (Å²) in [5, 5.41) is 4.25. The van der Waals surface area contributed by atoms with E-state index in [-0.39, 0.29) is 5.78 Å². The van der Waals surface area contributed by atoms with Gasteiger partial charge in [-0.25, -0.2) is 9.97 Å². The van der Waals surface area contributed by atoms with Gasteiger partial charge in [0, 0.05) is 47.9 Å². The van der Waals surface area contributed by atoms with Crippen LogP contribution in [-0.4, -0.2) is 38.5 Å². The maximum atomic E-state index is 11.3. The second kappa shape index (κ2) is 9.35. The fourth-order valence-electron chi connectivity index (χ4n) is 3.96. The van der Waals surface area contributed by atoms with Crippen molar-refractivity contribution in [2.45, 2.75) is 13.8 Å². The molecule has 0 bridgehead atoms. The van der Waals surface area contributed by atoms with Crippen molar-refractivity contribution in [1.29, 1.82) is 0 Å². The van der Waals surface area contributed by atoms with Gasteiger partial charge in [-0.3, -0.25) is 19.8 Å². The number of aromatic nitrogens is 4. The van der Waals surface area contributed by atoms with Gasteiger partial charge < -0.3 is 0 Å². The summed E-state index contributed by atoms with van der Waals surface area (Å²) in [5.74, 6) is -0.0279. The molecule has 6 heteroatoms. The number of nitrogens with zero attached hydrogens (tertiary/aromatic N) is 5. The molecule has 6 aromatic rings. The van der Waals surface area contributed by atoms with E-state index in [9.17, 15) is 4.79 Å². The van der Waals surface area contributed by atoms with Crippen molar-refractivity contribution in [1.82, 2.24) is 19.9 Å². The number of hydrogen-bond acceptors (Lipinski definition) is 6. The van der Waals surface area contributed by atoms with E-state index in [1.807, 2.05) is 49.4 Å². The number of aliphatic imine (C=N–C) groups is 1. The SMILES string of the molecule is CC(=O)c1ccc2ccc3cccnc3c2n1.CN=C(C)c1ccc2ccc3cccnc3c2n1. The zero-order chi connectivity index (χ0) is 24.4. The van der Waals surface area contributed by atoms with Crippen LogP contribution in [0, 0.1) is 0 Å². The lowest BCUT2D eigenvalue weighted by Crippen LogP contribution is -1.98. The molecule has 4 heterocycles. The van der Waals surface area contributed by atoms with Gasteiger partial charge in [-0.2, -0.15) is 0 Å². The predicted molar refractivity (Wildman–Crippen MR) is 142 cm³/mol. The molecule has 0 radical (unpaired) electrons. The molecule has 0 N–H and O–H groups in total. The summed E-state index contributed by atoms with van der Waals surface area (Å²) in [4.78, 5) is 33.4. The maximum absolute atomic E-state index is 11.3. The molecule has 0 unspecified atom stereocenters. The highest BCUT2D eigenvalue weighted by atomic mass is 16.1. The molecule has 0 saturated heterocycles. The summed E-state index contributed by atoms with van der Waals surface area (Å²) in [6, 6.07) is 23.8. The number of ketones is 1. The minimum atomic E-state index is -0.0279. The monoisotopic (exact) mass is 457 g/mol. The van der Waals surface area contributed by atoms with Crippen LogP contribution in [-0.2, 0) is 0 Å². The van der Waals surface area contributed by atoms with Crippen LogP contribution in [0.5, 0.6) is 0 Å². The van der Waals surface area contributed by atoms with Gasteiger partial charge in [0.25, 0.3) is 0 Å². The van der Waals surface area contributed by atoms with E-state index in [0.717, 1.165) is 55.0 Å². The van der Waals surface area contributed by atoms with Gasteiger partial charge in [-0.1, -0.05) is 48.5 Å². The Morgan fingerprint density at radius 1 is 0.600 bits per heavy atom. The highest BCUT2D eigenvalue weighted by Crippen LogP contribution is 2.23. The summed E-state index contributed by atoms with van der Waals surface area (Å²) in [6.07, 6.45) is 3.54. The number of carbonyl (C=O) groups is 1. The van der Waals surface area contributed by atoms with Gasteiger partial charge in [-0.15, -0.1) is 0 Å². The van der Waals surface area contributed by atoms with E-state index >= 15 is 0 Å². The van der Waals surface area contributed by atoms with Crippen molar-refractivity contribution >= 4 is 55.1 Å². The minimum Gasteiger partial charge on any atom is -0.293 e. The van der Waals surface area contributed by atoms with E-state index in [4.69, 9.17) is 0 Å². The fourth-order valence-corrected chi connectivity index (χ4v) is 3.96. The standard InChI is InChI=1S/C15H13N3.C14H10N2O/c1-10(16-2)13-8-7-12-6-5-11-4-3-9-17-14(11)15(12)18-13;1-9(17)12-7-6-11-5-4-10-3-2-8-15-13(10)14(11)16-12/h3-9H,1-2H3;2-8H,1H3. The number of rotatable bonds is 2. The number of hydrogen-bond donors (Lipinski definition) is 0. The van der Waals surface area contributed by atoms with Gasteiger partial charge in [0.05, 0.1) is 33.5 Å². The molecule has 2 aromatic carbocycles. The molecule has 4 aromatic heterocycles. The van der Waals surface area contributed by atoms with Crippen molar-refractivity contribution in [2.24, 2.45) is 4.99 Å². The van der Waals surface area contributed by atoms with Crippen molar-refractivity contribution in [2.75, 3.05) is 7.05 Å². The van der Waals surface area contributed by atoms with Crippen LogP contribution < -0.4 is 0 Å². The number of Topliss-reactive ketones (excluding diaryl/α,β-unsaturated/α-hetero) is 1. The summed E-state index contributed by atoms with van der Waals surface area (Å²) in [6.45, 7) is 3.49. The van der Waals surface area contributed by atoms with Gasteiger partial charge in [-0.05, 0) is 31.2 Å². The van der Waals surface area contributed by atoms with E-state index in [2.05, 4.69) is 49.2 Å². The molecule has 0 aliphatic carbocycles. The van der Waals surface area contributed by atoms with Crippen LogP contribution in [0.1, 0.15) is 30.0 Å². The van der Waals surface area contributed by atoms with Gasteiger partial charge in [0.1, 0.15) is 5.69 Å². The minimum absolute atomic E-state index is 0.0279. The van der Waals surface area contributed by atoms with Crippen LogP contribution in [0.4, 0.5) is 0 Å². The van der Waals surface area contributed by atoms with Crippen molar-refractivity contribution in [3.63, 3.8) is 0 Å². The third-order valence-corrected chi connectivity index (χ3v) is 5.93. The normalized spacial score (nSPS) is 11.6. The molecule has 6 rings (SSSR count). The molecule has 0 aliphatic heterocycles. The molecule has 0 amide bonds. The molecular formula is C29H23N5O. The second-order valence-corrected chi connectivity index (χ2v) is 8.18. The van der Waals surface area contributed by atoms with Crippen molar-refractivity contribution < 1.29 is 4.79 Å². The molecule has 0 atom stereocenters. The largest absolute Gasteiger partial charge is 0.293 e. The Labute approximate surface area is 202 Å². The average molecular weight is 458 g/mol. The molecular weight excluding hydrogens is 434 g/mol. The van der Waals surface area contributed by atoms with Gasteiger partial charge >= 0.3 is 0 Å². The first kappa shape index (κ1) is 22.2. The lowest BCUT2D eigenvalue weighted by atomic mass is 10.1. The Morgan fingerprint density at radius 3 is 1.51 bits per heavy atom. The Hall–Kier alpha value is -4.58. The number of carbonyl (C=O) groups excluding carboxylic acids is 1. The van der Waals surface area contributed by atoms with Crippen molar-refractivity contribution in [3.8, 4) is 0 Å². The summed E-state index contributed by atoms with van der Waals surface area (Å²) < 4.78 is 0. The first-order chi connectivity index (χ1) is 17.0. The van der Waals surface area contributed by atoms with E-state index in [0.29, 0.717) is 5.69 Å². The van der Waals surface area contributed by atoms with Crippen LogP contribution in [0.15, 0.2) is 90.2 Å². The zero-order valence-electron chi connectivity index (χ0n) is 19.7. The lowest BCUT2D eigenvalue weighted by Gasteiger charge is -2.04. The third kappa shape index (κ3) is 4.34. The first-order valence-electron chi connectivity index (χ1n) is 11.3. The highest BCUT2D eigenvalue weighted by molar-refractivity contribution is 6.06. The summed E-state index contributed by atoms with van der Waals surface area (Å²) in [5.41, 5.74) is 5.84. The maximum Gasteiger partial charge on any atom is 0.178 e. The quantitative estimate of drug-likeness (QED) is 0.175. The Morgan fingerprint density at radius 2 is 1.03 bits per heavy atom. The summed E-state index contributed by atoms with van der Waals surface area (Å²) >= 11 is 0. The molecule has 35 heavy (non-hydrogen) atoms.